The van der Waals surface area contributed by atoms with E-state index < -0.39 is 0 Å². The zero-order valence-corrected chi connectivity index (χ0v) is 8.29. The van der Waals surface area contributed by atoms with Crippen molar-refractivity contribution in [2.45, 2.75) is 25.3 Å². The Kier molecular flexibility index (Phi) is 2.66. The summed E-state index contributed by atoms with van der Waals surface area (Å²) in [4.78, 5) is 0. The Morgan fingerprint density at radius 3 is 2.86 bits per heavy atom. The van der Waals surface area contributed by atoms with Gasteiger partial charge < -0.3 is 0 Å². The number of hydrogen-bond donors (Lipinski definition) is 2. The number of fused-ring (bicyclic) bond motifs is 1. The van der Waals surface area contributed by atoms with Gasteiger partial charge in [0.2, 0.25) is 0 Å². The second kappa shape index (κ2) is 3.95. The fourth-order valence-electron chi connectivity index (χ4n) is 2.09. The summed E-state index contributed by atoms with van der Waals surface area (Å²) in [5, 5.41) is 0. The predicted molar refractivity (Wildman–Crippen MR) is 58.7 cm³/mol. The molecule has 2 rings (SSSR count). The van der Waals surface area contributed by atoms with Crippen molar-refractivity contribution in [1.29, 1.82) is 0 Å². The van der Waals surface area contributed by atoms with Crippen LogP contribution in [0.25, 0.3) is 0 Å². The van der Waals surface area contributed by atoms with E-state index in [1.807, 2.05) is 6.08 Å². The number of hydrogen-bond acceptors (Lipinski definition) is 2. The maximum absolute atomic E-state index is 5.44. The predicted octanol–water partition coefficient (Wildman–Crippen LogP) is 1.87. The van der Waals surface area contributed by atoms with Crippen molar-refractivity contribution in [3.63, 3.8) is 0 Å². The molecule has 1 atom stereocenters. The molecule has 0 aromatic heterocycles. The van der Waals surface area contributed by atoms with Gasteiger partial charge in [-0.3, -0.25) is 5.84 Å². The summed E-state index contributed by atoms with van der Waals surface area (Å²) in [5.41, 5.74) is 6.92. The van der Waals surface area contributed by atoms with E-state index >= 15 is 0 Å². The standard InChI is InChI=1S/C12H16N2/c1-2-12(14-13)11-7-6-9-4-3-5-10(9)8-11/h2,6-8,12,14H,1,3-5,13H2. The summed E-state index contributed by atoms with van der Waals surface area (Å²) >= 11 is 0. The van der Waals surface area contributed by atoms with Gasteiger partial charge in [0.15, 0.2) is 0 Å². The second-order valence-electron chi connectivity index (χ2n) is 3.76. The lowest BCUT2D eigenvalue weighted by Crippen LogP contribution is -2.26. The van der Waals surface area contributed by atoms with E-state index in [0.29, 0.717) is 0 Å². The molecule has 14 heavy (non-hydrogen) atoms. The minimum atomic E-state index is 0.0703. The van der Waals surface area contributed by atoms with Gasteiger partial charge in [-0.25, -0.2) is 5.43 Å². The van der Waals surface area contributed by atoms with E-state index in [2.05, 4.69) is 30.2 Å². The van der Waals surface area contributed by atoms with Crippen molar-refractivity contribution in [2.24, 2.45) is 5.84 Å². The molecule has 1 unspecified atom stereocenters. The number of rotatable bonds is 3. The average Bonchev–Trinajstić information content (AvgIpc) is 2.66. The molecule has 1 aromatic rings. The maximum atomic E-state index is 5.44. The van der Waals surface area contributed by atoms with Crippen LogP contribution < -0.4 is 11.3 Å². The molecule has 2 heteroatoms. The number of nitrogens with one attached hydrogen (secondary N) is 1. The molecular formula is C12H16N2. The Balaban J connectivity index is 2.32. The molecule has 1 aliphatic rings. The highest BCUT2D eigenvalue weighted by Gasteiger charge is 2.13. The van der Waals surface area contributed by atoms with Crippen molar-refractivity contribution in [3.05, 3.63) is 47.5 Å². The van der Waals surface area contributed by atoms with Gasteiger partial charge in [0.05, 0.1) is 6.04 Å². The largest absolute Gasteiger partial charge is 0.271 e. The Hall–Kier alpha value is -1.12. The number of benzene rings is 1. The first-order valence-electron chi connectivity index (χ1n) is 5.05. The Morgan fingerprint density at radius 2 is 2.14 bits per heavy atom. The zero-order chi connectivity index (χ0) is 9.97. The third kappa shape index (κ3) is 1.59. The van der Waals surface area contributed by atoms with Crippen LogP contribution in [0.15, 0.2) is 30.9 Å². The van der Waals surface area contributed by atoms with E-state index in [-0.39, 0.29) is 6.04 Å². The van der Waals surface area contributed by atoms with E-state index in [1.54, 1.807) is 0 Å². The first-order chi connectivity index (χ1) is 6.85. The molecule has 0 heterocycles. The maximum Gasteiger partial charge on any atom is 0.0638 e. The number of nitrogens with two attached hydrogens (primary N) is 1. The van der Waals surface area contributed by atoms with Crippen molar-refractivity contribution < 1.29 is 0 Å². The van der Waals surface area contributed by atoms with Crippen LogP contribution in [0.1, 0.15) is 29.2 Å². The molecule has 0 fully saturated rings. The van der Waals surface area contributed by atoms with Crippen molar-refractivity contribution >= 4 is 0 Å². The van der Waals surface area contributed by atoms with Crippen LogP contribution in [0.5, 0.6) is 0 Å². The lowest BCUT2D eigenvalue weighted by atomic mass is 10.0. The minimum Gasteiger partial charge on any atom is -0.271 e. The SMILES string of the molecule is C=CC(NN)c1ccc2c(c1)CCC2. The quantitative estimate of drug-likeness (QED) is 0.432. The van der Waals surface area contributed by atoms with Gasteiger partial charge in [-0.2, -0.15) is 0 Å². The molecule has 0 amide bonds. The van der Waals surface area contributed by atoms with Crippen molar-refractivity contribution in [1.82, 2.24) is 5.43 Å². The molecule has 0 aliphatic heterocycles. The van der Waals surface area contributed by atoms with Gasteiger partial charge in [-0.1, -0.05) is 24.3 Å². The molecule has 74 valence electrons. The molecule has 3 N–H and O–H groups in total. The molecule has 0 spiro atoms. The van der Waals surface area contributed by atoms with Crippen LogP contribution in [0.2, 0.25) is 0 Å². The summed E-state index contributed by atoms with van der Waals surface area (Å²) in [6, 6.07) is 6.66. The van der Waals surface area contributed by atoms with Gasteiger partial charge >= 0.3 is 0 Å². The lowest BCUT2D eigenvalue weighted by Gasteiger charge is -2.12. The van der Waals surface area contributed by atoms with E-state index in [4.69, 9.17) is 5.84 Å². The Morgan fingerprint density at radius 1 is 1.36 bits per heavy atom. The van der Waals surface area contributed by atoms with Gasteiger partial charge in [-0.15, -0.1) is 6.58 Å². The molecule has 2 nitrogen and oxygen atoms in total. The molecule has 0 bridgehead atoms. The number of hydrazine groups is 1. The van der Waals surface area contributed by atoms with Gasteiger partial charge in [0.1, 0.15) is 0 Å². The van der Waals surface area contributed by atoms with Crippen LogP contribution in [-0.4, -0.2) is 0 Å². The molecule has 0 saturated carbocycles. The highest BCUT2D eigenvalue weighted by molar-refractivity contribution is 5.37. The van der Waals surface area contributed by atoms with E-state index in [9.17, 15) is 0 Å². The van der Waals surface area contributed by atoms with Crippen molar-refractivity contribution in [2.75, 3.05) is 0 Å². The first kappa shape index (κ1) is 9.44. The summed E-state index contributed by atoms with van der Waals surface area (Å²) < 4.78 is 0. The summed E-state index contributed by atoms with van der Waals surface area (Å²) in [5.74, 6) is 5.44. The Bertz CT molecular complexity index is 344. The van der Waals surface area contributed by atoms with Crippen LogP contribution >= 0.6 is 0 Å². The molecule has 0 radical (unpaired) electrons. The van der Waals surface area contributed by atoms with Crippen LogP contribution in [0.3, 0.4) is 0 Å². The van der Waals surface area contributed by atoms with Crippen LogP contribution in [0.4, 0.5) is 0 Å². The topological polar surface area (TPSA) is 38.0 Å². The van der Waals surface area contributed by atoms with Gasteiger partial charge in [-0.05, 0) is 36.0 Å². The summed E-state index contributed by atoms with van der Waals surface area (Å²) in [6.07, 6.45) is 5.55. The third-order valence-corrected chi connectivity index (χ3v) is 2.90. The van der Waals surface area contributed by atoms with Crippen LogP contribution in [0, 0.1) is 0 Å². The van der Waals surface area contributed by atoms with E-state index in [1.165, 1.54) is 36.0 Å². The minimum absolute atomic E-state index is 0.0703. The molecule has 0 saturated heterocycles. The normalized spacial score (nSPS) is 16.4. The fourth-order valence-corrected chi connectivity index (χ4v) is 2.09. The average molecular weight is 188 g/mol. The molecule has 1 aromatic carbocycles. The molecule has 1 aliphatic carbocycles. The fraction of sp³-hybridized carbons (Fsp3) is 0.333. The third-order valence-electron chi connectivity index (χ3n) is 2.90. The monoisotopic (exact) mass is 188 g/mol. The molecular weight excluding hydrogens is 172 g/mol. The first-order valence-corrected chi connectivity index (χ1v) is 5.05. The van der Waals surface area contributed by atoms with E-state index in [0.717, 1.165) is 0 Å². The zero-order valence-electron chi connectivity index (χ0n) is 8.29. The summed E-state index contributed by atoms with van der Waals surface area (Å²) in [7, 11) is 0. The van der Waals surface area contributed by atoms with Gasteiger partial charge in [0.25, 0.3) is 0 Å². The van der Waals surface area contributed by atoms with Gasteiger partial charge in [0, 0.05) is 0 Å². The smallest absolute Gasteiger partial charge is 0.0638 e. The highest BCUT2D eigenvalue weighted by Crippen LogP contribution is 2.25. The highest BCUT2D eigenvalue weighted by atomic mass is 15.2. The van der Waals surface area contributed by atoms with Crippen LogP contribution in [-0.2, 0) is 12.8 Å². The lowest BCUT2D eigenvalue weighted by molar-refractivity contribution is 0.656. The Labute approximate surface area is 84.8 Å². The number of aryl methyl sites for hydroxylation is 2. The second-order valence-corrected chi connectivity index (χ2v) is 3.76. The summed E-state index contributed by atoms with van der Waals surface area (Å²) in [6.45, 7) is 3.76. The van der Waals surface area contributed by atoms with Crippen molar-refractivity contribution in [3.8, 4) is 0 Å².